The Balaban J connectivity index is 0.00000137. The highest BCUT2D eigenvalue weighted by atomic mass is 35.5. The van der Waals surface area contributed by atoms with Crippen molar-refractivity contribution in [1.82, 2.24) is 24.6 Å². The molecule has 4 heterocycles. The standard InChI is InChI=1S/C23H17FN6OS.2ClH/c24-18-7-14(3-5-17(18)22(31)29-23-28-19(12-32-23)13-1-2-13)20-10-25-21-6-4-15(11-30(20)21)16-8-26-27-9-16;;/h3-13H,1-2H2,(H,26,27)(H,28,29,31);2*1H. The summed E-state index contributed by atoms with van der Waals surface area (Å²) in [5.41, 5.74) is 4.97. The highest BCUT2D eigenvalue weighted by molar-refractivity contribution is 7.14. The summed E-state index contributed by atoms with van der Waals surface area (Å²) in [6.07, 6.45) is 9.45. The van der Waals surface area contributed by atoms with Crippen LogP contribution in [-0.4, -0.2) is 30.5 Å². The van der Waals surface area contributed by atoms with E-state index < -0.39 is 11.7 Å². The van der Waals surface area contributed by atoms with Crippen molar-refractivity contribution in [1.29, 1.82) is 0 Å². The minimum Gasteiger partial charge on any atom is -0.299 e. The highest BCUT2D eigenvalue weighted by Gasteiger charge is 2.26. The van der Waals surface area contributed by atoms with E-state index in [0.29, 0.717) is 16.6 Å². The lowest BCUT2D eigenvalue weighted by molar-refractivity contribution is 0.102. The Kier molecular flexibility index (Phi) is 6.70. The molecular weight excluding hydrogens is 498 g/mol. The summed E-state index contributed by atoms with van der Waals surface area (Å²) in [4.78, 5) is 21.5. The maximum absolute atomic E-state index is 14.9. The Hall–Kier alpha value is -3.27. The monoisotopic (exact) mass is 516 g/mol. The van der Waals surface area contributed by atoms with E-state index in [0.717, 1.165) is 41.0 Å². The number of pyridine rings is 1. The number of thiazole rings is 1. The topological polar surface area (TPSA) is 88.0 Å². The first-order valence-electron chi connectivity index (χ1n) is 10.2. The molecule has 0 aliphatic heterocycles. The van der Waals surface area contributed by atoms with E-state index in [1.54, 1.807) is 24.7 Å². The average molecular weight is 517 g/mol. The minimum absolute atomic E-state index is 0. The summed E-state index contributed by atoms with van der Waals surface area (Å²) in [7, 11) is 0. The predicted molar refractivity (Wildman–Crippen MR) is 135 cm³/mol. The molecular formula is C23H19Cl2FN6OS. The van der Waals surface area contributed by atoms with Crippen LogP contribution in [0.1, 0.15) is 34.8 Å². The number of hydrogen-bond donors (Lipinski definition) is 2. The van der Waals surface area contributed by atoms with Crippen LogP contribution in [0.2, 0.25) is 0 Å². The van der Waals surface area contributed by atoms with Crippen molar-refractivity contribution in [3.63, 3.8) is 0 Å². The largest absolute Gasteiger partial charge is 0.299 e. The number of amides is 1. The molecule has 6 rings (SSSR count). The Morgan fingerprint density at radius 3 is 2.68 bits per heavy atom. The molecule has 7 nitrogen and oxygen atoms in total. The van der Waals surface area contributed by atoms with Gasteiger partial charge in [-0.3, -0.25) is 19.6 Å². The van der Waals surface area contributed by atoms with Crippen LogP contribution in [0.4, 0.5) is 9.52 Å². The van der Waals surface area contributed by atoms with Gasteiger partial charge in [-0.05, 0) is 37.1 Å². The Labute approximate surface area is 210 Å². The number of carbonyl (C=O) groups excluding carboxylic acids is 1. The first-order chi connectivity index (χ1) is 15.7. The third-order valence-electron chi connectivity index (χ3n) is 5.58. The van der Waals surface area contributed by atoms with Gasteiger partial charge in [0.2, 0.25) is 0 Å². The lowest BCUT2D eigenvalue weighted by Gasteiger charge is -2.07. The molecule has 0 spiro atoms. The van der Waals surface area contributed by atoms with E-state index in [9.17, 15) is 9.18 Å². The zero-order valence-corrected chi connectivity index (χ0v) is 20.0. The number of benzene rings is 1. The van der Waals surface area contributed by atoms with Gasteiger partial charge in [-0.25, -0.2) is 14.4 Å². The van der Waals surface area contributed by atoms with Crippen LogP contribution < -0.4 is 5.32 Å². The molecule has 174 valence electrons. The van der Waals surface area contributed by atoms with E-state index in [-0.39, 0.29) is 30.4 Å². The van der Waals surface area contributed by atoms with Gasteiger partial charge in [0.05, 0.1) is 29.3 Å². The van der Waals surface area contributed by atoms with E-state index in [1.165, 1.54) is 23.5 Å². The summed E-state index contributed by atoms with van der Waals surface area (Å²) in [5.74, 6) is -0.599. The minimum atomic E-state index is -0.597. The number of hydrogen-bond acceptors (Lipinski definition) is 5. The second kappa shape index (κ2) is 9.54. The predicted octanol–water partition coefficient (Wildman–Crippen LogP) is 5.96. The summed E-state index contributed by atoms with van der Waals surface area (Å²) >= 11 is 1.37. The van der Waals surface area contributed by atoms with Crippen LogP contribution in [0, 0.1) is 5.82 Å². The number of rotatable bonds is 5. The molecule has 1 fully saturated rings. The molecule has 1 aliphatic carbocycles. The van der Waals surface area contributed by atoms with Crippen molar-refractivity contribution in [3.05, 3.63) is 77.6 Å². The fraction of sp³-hybridized carbons (Fsp3) is 0.130. The molecule has 4 aromatic heterocycles. The van der Waals surface area contributed by atoms with Crippen LogP contribution in [-0.2, 0) is 0 Å². The highest BCUT2D eigenvalue weighted by Crippen LogP contribution is 2.41. The maximum atomic E-state index is 14.9. The normalized spacial score (nSPS) is 12.7. The van der Waals surface area contributed by atoms with Gasteiger partial charge in [-0.2, -0.15) is 5.10 Å². The van der Waals surface area contributed by atoms with Crippen molar-refractivity contribution < 1.29 is 9.18 Å². The second-order valence-electron chi connectivity index (χ2n) is 7.78. The number of anilines is 1. The van der Waals surface area contributed by atoms with Crippen molar-refractivity contribution in [3.8, 4) is 22.4 Å². The molecule has 0 radical (unpaired) electrons. The number of imidazole rings is 1. The molecule has 34 heavy (non-hydrogen) atoms. The van der Waals surface area contributed by atoms with Gasteiger partial charge < -0.3 is 0 Å². The fourth-order valence-electron chi connectivity index (χ4n) is 3.71. The van der Waals surface area contributed by atoms with Crippen molar-refractivity contribution in [2.75, 3.05) is 5.32 Å². The fourth-order valence-corrected chi connectivity index (χ4v) is 4.49. The van der Waals surface area contributed by atoms with E-state index >= 15 is 0 Å². The summed E-state index contributed by atoms with van der Waals surface area (Å²) in [6, 6.07) is 8.44. The quantitative estimate of drug-likeness (QED) is 0.301. The summed E-state index contributed by atoms with van der Waals surface area (Å²) < 4.78 is 16.8. The lowest BCUT2D eigenvalue weighted by Crippen LogP contribution is -2.13. The Morgan fingerprint density at radius 2 is 1.94 bits per heavy atom. The molecule has 0 bridgehead atoms. The molecule has 1 aromatic carbocycles. The summed E-state index contributed by atoms with van der Waals surface area (Å²) in [5, 5.41) is 11.9. The molecule has 5 aromatic rings. The van der Waals surface area contributed by atoms with Gasteiger partial charge in [0.25, 0.3) is 5.91 Å². The molecule has 1 amide bonds. The summed E-state index contributed by atoms with van der Waals surface area (Å²) in [6.45, 7) is 0. The molecule has 1 saturated carbocycles. The van der Waals surface area contributed by atoms with Gasteiger partial charge in [0.15, 0.2) is 5.13 Å². The van der Waals surface area contributed by atoms with Crippen LogP contribution >= 0.6 is 36.2 Å². The smallest absolute Gasteiger partial charge is 0.260 e. The number of halogens is 3. The molecule has 0 saturated heterocycles. The van der Waals surface area contributed by atoms with E-state index in [1.807, 2.05) is 28.1 Å². The zero-order valence-electron chi connectivity index (χ0n) is 17.6. The number of aromatic nitrogens is 5. The van der Waals surface area contributed by atoms with Crippen LogP contribution in [0.5, 0.6) is 0 Å². The first-order valence-corrected chi connectivity index (χ1v) is 11.1. The Morgan fingerprint density at radius 1 is 1.12 bits per heavy atom. The van der Waals surface area contributed by atoms with Gasteiger partial charge in [0.1, 0.15) is 11.5 Å². The molecule has 11 heteroatoms. The van der Waals surface area contributed by atoms with E-state index in [2.05, 4.69) is 25.5 Å². The lowest BCUT2D eigenvalue weighted by atomic mass is 10.1. The number of fused-ring (bicyclic) bond motifs is 1. The number of nitrogens with zero attached hydrogens (tertiary/aromatic N) is 4. The van der Waals surface area contributed by atoms with Crippen molar-refractivity contribution >= 4 is 52.8 Å². The molecule has 0 atom stereocenters. The van der Waals surface area contributed by atoms with E-state index in [4.69, 9.17) is 0 Å². The molecule has 0 unspecified atom stereocenters. The van der Waals surface area contributed by atoms with Gasteiger partial charge in [-0.15, -0.1) is 36.2 Å². The average Bonchev–Trinajstić information content (AvgIpc) is 3.19. The Bertz CT molecular complexity index is 1460. The third kappa shape index (κ3) is 4.42. The second-order valence-corrected chi connectivity index (χ2v) is 8.64. The molecule has 1 aliphatic rings. The van der Waals surface area contributed by atoms with Gasteiger partial charge in [-0.1, -0.05) is 6.07 Å². The van der Waals surface area contributed by atoms with Crippen LogP contribution in [0.15, 0.2) is 60.5 Å². The van der Waals surface area contributed by atoms with Gasteiger partial charge in [0, 0.05) is 40.4 Å². The number of H-pyrrole nitrogens is 1. The molecule has 2 N–H and O–H groups in total. The van der Waals surface area contributed by atoms with Crippen LogP contribution in [0.25, 0.3) is 28.0 Å². The number of aromatic amines is 1. The van der Waals surface area contributed by atoms with Crippen molar-refractivity contribution in [2.45, 2.75) is 18.8 Å². The number of nitrogens with one attached hydrogen (secondary N) is 2. The third-order valence-corrected chi connectivity index (χ3v) is 6.36. The van der Waals surface area contributed by atoms with Gasteiger partial charge >= 0.3 is 0 Å². The van der Waals surface area contributed by atoms with Crippen LogP contribution in [0.3, 0.4) is 0 Å². The SMILES string of the molecule is Cl.Cl.O=C(Nc1nc(C2CC2)cs1)c1ccc(-c2cnc3ccc(-c4cn[nH]c4)cn23)cc1F. The first kappa shape index (κ1) is 23.9. The zero-order chi connectivity index (χ0) is 21.7. The number of carbonyl (C=O) groups is 1. The maximum Gasteiger partial charge on any atom is 0.260 e. The van der Waals surface area contributed by atoms with Crippen molar-refractivity contribution in [2.24, 2.45) is 0 Å².